The fourth-order valence-electron chi connectivity index (χ4n) is 2.18. The molecule has 0 spiro atoms. The molecule has 0 fully saturated rings. The zero-order chi connectivity index (χ0) is 16.5. The average molecular weight is 306 g/mol. The Morgan fingerprint density at radius 1 is 1.32 bits per heavy atom. The second-order valence-corrected chi connectivity index (χ2v) is 5.89. The normalized spacial score (nSPS) is 14.7. The van der Waals surface area contributed by atoms with Crippen molar-refractivity contribution in [2.45, 2.75) is 26.4 Å². The number of benzene rings is 1. The molecule has 1 aromatic carbocycles. The van der Waals surface area contributed by atoms with Crippen LogP contribution in [0.2, 0.25) is 0 Å². The second-order valence-electron chi connectivity index (χ2n) is 5.89. The summed E-state index contributed by atoms with van der Waals surface area (Å²) >= 11 is 0. The van der Waals surface area contributed by atoms with Gasteiger partial charge < -0.3 is 15.2 Å². The Bertz CT molecular complexity index is 633. The molecule has 1 aromatic rings. The molecular weight excluding hydrogens is 288 g/mol. The highest BCUT2D eigenvalue weighted by atomic mass is 16.6. The van der Waals surface area contributed by atoms with Crippen molar-refractivity contribution >= 4 is 23.7 Å². The summed E-state index contributed by atoms with van der Waals surface area (Å²) in [7, 11) is 0. The van der Waals surface area contributed by atoms with Crippen molar-refractivity contribution in [3.8, 4) is 0 Å². The van der Waals surface area contributed by atoms with E-state index in [0.717, 1.165) is 0 Å². The van der Waals surface area contributed by atoms with Gasteiger partial charge in [0.2, 0.25) is 0 Å². The van der Waals surface area contributed by atoms with Gasteiger partial charge in [0.25, 0.3) is 5.91 Å². The lowest BCUT2D eigenvalue weighted by Gasteiger charge is -2.27. The van der Waals surface area contributed by atoms with E-state index in [1.807, 2.05) is 0 Å². The van der Waals surface area contributed by atoms with Crippen molar-refractivity contribution in [1.29, 1.82) is 0 Å². The van der Waals surface area contributed by atoms with Crippen LogP contribution >= 0.6 is 0 Å². The molecular formula is C15H18N2O5. The first-order chi connectivity index (χ1) is 10.2. The average Bonchev–Trinajstić information content (AvgIpc) is 2.56. The van der Waals surface area contributed by atoms with Crippen LogP contribution in [0.25, 0.3) is 0 Å². The molecule has 2 N–H and O–H groups in total. The summed E-state index contributed by atoms with van der Waals surface area (Å²) in [5.74, 6) is -1.74. The van der Waals surface area contributed by atoms with Crippen molar-refractivity contribution in [2.75, 3.05) is 18.0 Å². The molecule has 1 heterocycles. The molecule has 2 rings (SSSR count). The zero-order valence-corrected chi connectivity index (χ0v) is 12.7. The number of carbonyl (C=O) groups excluding carboxylic acids is 2. The maximum absolute atomic E-state index is 12.3. The summed E-state index contributed by atoms with van der Waals surface area (Å²) in [6.07, 6.45) is -0.618. The highest BCUT2D eigenvalue weighted by Gasteiger charge is 2.31. The lowest BCUT2D eigenvalue weighted by atomic mass is 10.0. The van der Waals surface area contributed by atoms with Crippen LogP contribution in [-0.2, 0) is 4.74 Å². The quantitative estimate of drug-likeness (QED) is 0.825. The van der Waals surface area contributed by atoms with Crippen LogP contribution in [0.3, 0.4) is 0 Å². The predicted molar refractivity (Wildman–Crippen MR) is 79.3 cm³/mol. The largest absolute Gasteiger partial charge is 0.478 e. The van der Waals surface area contributed by atoms with Gasteiger partial charge in [0.15, 0.2) is 0 Å². The first-order valence-corrected chi connectivity index (χ1v) is 6.86. The highest BCUT2D eigenvalue weighted by Crippen LogP contribution is 2.27. The molecule has 0 saturated heterocycles. The molecule has 0 unspecified atom stereocenters. The van der Waals surface area contributed by atoms with E-state index in [2.05, 4.69) is 5.32 Å². The number of fused-ring (bicyclic) bond motifs is 1. The number of carbonyl (C=O) groups is 3. The minimum atomic E-state index is -1.22. The molecule has 0 saturated carbocycles. The Balaban J connectivity index is 2.51. The molecule has 0 bridgehead atoms. The Kier molecular flexibility index (Phi) is 4.07. The number of nitrogens with one attached hydrogen (secondary N) is 1. The van der Waals surface area contributed by atoms with E-state index in [-0.39, 0.29) is 29.9 Å². The van der Waals surface area contributed by atoms with Crippen LogP contribution in [0.4, 0.5) is 10.5 Å². The smallest absolute Gasteiger partial charge is 0.414 e. The van der Waals surface area contributed by atoms with Gasteiger partial charge in [-0.2, -0.15) is 0 Å². The number of carboxylic acid groups (broad SMARTS) is 1. The van der Waals surface area contributed by atoms with Gasteiger partial charge >= 0.3 is 12.1 Å². The molecule has 0 radical (unpaired) electrons. The lowest BCUT2D eigenvalue weighted by Crippen LogP contribution is -2.39. The fraction of sp³-hybridized carbons (Fsp3) is 0.400. The van der Waals surface area contributed by atoms with Crippen molar-refractivity contribution in [3.63, 3.8) is 0 Å². The predicted octanol–water partition coefficient (Wildman–Crippen LogP) is 1.87. The van der Waals surface area contributed by atoms with Crippen LogP contribution in [0, 0.1) is 0 Å². The molecule has 7 heteroatoms. The van der Waals surface area contributed by atoms with Gasteiger partial charge in [-0.05, 0) is 32.9 Å². The first kappa shape index (κ1) is 15.8. The molecule has 2 amide bonds. The minimum absolute atomic E-state index is 0.0293. The Hall–Kier alpha value is -2.57. The second kappa shape index (κ2) is 5.67. The molecule has 118 valence electrons. The number of anilines is 1. The summed E-state index contributed by atoms with van der Waals surface area (Å²) < 4.78 is 5.33. The van der Waals surface area contributed by atoms with Gasteiger partial charge in [0.1, 0.15) is 5.60 Å². The van der Waals surface area contributed by atoms with Crippen LogP contribution < -0.4 is 10.2 Å². The van der Waals surface area contributed by atoms with E-state index in [1.165, 1.54) is 23.1 Å². The number of hydrogen-bond acceptors (Lipinski definition) is 4. The summed E-state index contributed by atoms with van der Waals surface area (Å²) in [4.78, 5) is 37.1. The summed E-state index contributed by atoms with van der Waals surface area (Å²) in [5.41, 5.74) is -0.626. The number of ether oxygens (including phenoxy) is 1. The minimum Gasteiger partial charge on any atom is -0.478 e. The van der Waals surface area contributed by atoms with E-state index >= 15 is 0 Å². The number of carboxylic acids is 1. The Labute approximate surface area is 127 Å². The molecule has 0 atom stereocenters. The van der Waals surface area contributed by atoms with E-state index in [4.69, 9.17) is 4.74 Å². The summed E-state index contributed by atoms with van der Waals surface area (Å²) in [6, 6.07) is 4.37. The fourth-order valence-corrected chi connectivity index (χ4v) is 2.18. The van der Waals surface area contributed by atoms with Crippen LogP contribution in [0.5, 0.6) is 0 Å². The third-order valence-corrected chi connectivity index (χ3v) is 3.03. The number of nitrogens with zero attached hydrogens (tertiary/aromatic N) is 1. The van der Waals surface area contributed by atoms with Crippen LogP contribution in [-0.4, -0.2) is 41.8 Å². The first-order valence-electron chi connectivity index (χ1n) is 6.86. The molecule has 0 aliphatic carbocycles. The number of aromatic carboxylic acids is 1. The van der Waals surface area contributed by atoms with Gasteiger partial charge in [0.05, 0.1) is 16.8 Å². The number of hydrogen-bond donors (Lipinski definition) is 2. The maximum atomic E-state index is 12.3. The van der Waals surface area contributed by atoms with Gasteiger partial charge in [-0.1, -0.05) is 6.07 Å². The Morgan fingerprint density at radius 3 is 2.59 bits per heavy atom. The van der Waals surface area contributed by atoms with Crippen LogP contribution in [0.15, 0.2) is 18.2 Å². The third kappa shape index (κ3) is 3.19. The van der Waals surface area contributed by atoms with Crippen LogP contribution in [0.1, 0.15) is 41.5 Å². The lowest BCUT2D eigenvalue weighted by molar-refractivity contribution is 0.0579. The number of rotatable bonds is 1. The summed E-state index contributed by atoms with van der Waals surface area (Å²) in [5, 5.41) is 11.8. The highest BCUT2D eigenvalue weighted by molar-refractivity contribution is 6.11. The molecule has 0 aromatic heterocycles. The standard InChI is InChI=1S/C15H18N2O5/c1-15(2,3)22-14(21)17-8-7-16-12(18)11-9(13(19)20)5-4-6-10(11)17/h4-6H,7-8H2,1-3H3,(H,16,18)(H,19,20). The van der Waals surface area contributed by atoms with Gasteiger partial charge in [-0.15, -0.1) is 0 Å². The van der Waals surface area contributed by atoms with Crippen molar-refractivity contribution < 1.29 is 24.2 Å². The maximum Gasteiger partial charge on any atom is 0.414 e. The van der Waals surface area contributed by atoms with Gasteiger partial charge in [0, 0.05) is 13.1 Å². The van der Waals surface area contributed by atoms with Crippen molar-refractivity contribution in [2.24, 2.45) is 0 Å². The number of amides is 2. The zero-order valence-electron chi connectivity index (χ0n) is 12.7. The van der Waals surface area contributed by atoms with E-state index in [0.29, 0.717) is 0 Å². The SMILES string of the molecule is CC(C)(C)OC(=O)N1CCNC(=O)c2c(C(=O)O)cccc21. The molecule has 7 nitrogen and oxygen atoms in total. The third-order valence-electron chi connectivity index (χ3n) is 3.03. The van der Waals surface area contributed by atoms with E-state index in [9.17, 15) is 19.5 Å². The molecule has 1 aliphatic rings. The van der Waals surface area contributed by atoms with Gasteiger partial charge in [-0.3, -0.25) is 9.69 Å². The van der Waals surface area contributed by atoms with E-state index < -0.39 is 23.6 Å². The van der Waals surface area contributed by atoms with Gasteiger partial charge in [-0.25, -0.2) is 9.59 Å². The topological polar surface area (TPSA) is 95.9 Å². The molecule has 1 aliphatic heterocycles. The summed E-state index contributed by atoms with van der Waals surface area (Å²) in [6.45, 7) is 5.63. The Morgan fingerprint density at radius 2 is 2.00 bits per heavy atom. The van der Waals surface area contributed by atoms with Crippen molar-refractivity contribution in [3.05, 3.63) is 29.3 Å². The van der Waals surface area contributed by atoms with Crippen molar-refractivity contribution in [1.82, 2.24) is 5.32 Å². The monoisotopic (exact) mass is 306 g/mol. The molecule has 22 heavy (non-hydrogen) atoms. The van der Waals surface area contributed by atoms with E-state index in [1.54, 1.807) is 20.8 Å².